The van der Waals surface area contributed by atoms with E-state index in [1.54, 1.807) is 15.2 Å². The maximum absolute atomic E-state index is 12.5. The molecule has 0 aromatic carbocycles. The molecule has 0 radical (unpaired) electrons. The number of nitrogens with zero attached hydrogens (tertiary/aromatic N) is 4. The molecular weight excluding hydrogens is 332 g/mol. The first-order valence-electron chi connectivity index (χ1n) is 7.95. The normalized spacial score (nSPS) is 18.5. The van der Waals surface area contributed by atoms with Crippen molar-refractivity contribution < 1.29 is 19.1 Å². The molecule has 2 saturated heterocycles. The van der Waals surface area contributed by atoms with E-state index < -0.39 is 6.09 Å². The highest BCUT2D eigenvalue weighted by Crippen LogP contribution is 2.13. The predicted octanol–water partition coefficient (Wildman–Crippen LogP) is 0.578. The zero-order valence-electron chi connectivity index (χ0n) is 13.6. The molecule has 130 valence electrons. The summed E-state index contributed by atoms with van der Waals surface area (Å²) in [6.07, 6.45) is 0.277. The Labute approximate surface area is 144 Å². The first kappa shape index (κ1) is 16.7. The summed E-state index contributed by atoms with van der Waals surface area (Å²) in [6, 6.07) is 0. The number of carbonyl (C=O) groups excluding carboxylic acids is 3. The minimum absolute atomic E-state index is 0.0397. The second kappa shape index (κ2) is 7.16. The van der Waals surface area contributed by atoms with Gasteiger partial charge in [-0.1, -0.05) is 0 Å². The summed E-state index contributed by atoms with van der Waals surface area (Å²) in [6.45, 7) is 4.83. The standard InChI is InChI=1S/C15H20N4O4S/c1-11-16-12(10-24-11)14(21)18-4-2-3-17(5-6-18)13(20)9-19-7-8-23-15(19)22/h10H,2-9H2,1H3. The van der Waals surface area contributed by atoms with Crippen molar-refractivity contribution in [3.05, 3.63) is 16.1 Å². The molecule has 0 N–H and O–H groups in total. The van der Waals surface area contributed by atoms with Gasteiger partial charge in [0.1, 0.15) is 18.8 Å². The summed E-state index contributed by atoms with van der Waals surface area (Å²) >= 11 is 1.45. The van der Waals surface area contributed by atoms with Gasteiger partial charge in [0.2, 0.25) is 5.91 Å². The molecule has 0 saturated carbocycles. The molecule has 8 nitrogen and oxygen atoms in total. The van der Waals surface area contributed by atoms with Crippen molar-refractivity contribution in [1.82, 2.24) is 19.7 Å². The van der Waals surface area contributed by atoms with E-state index >= 15 is 0 Å². The maximum atomic E-state index is 12.5. The van der Waals surface area contributed by atoms with Gasteiger partial charge < -0.3 is 14.5 Å². The van der Waals surface area contributed by atoms with Crippen LogP contribution >= 0.6 is 11.3 Å². The third-order valence-corrected chi connectivity index (χ3v) is 4.92. The van der Waals surface area contributed by atoms with Crippen LogP contribution in [0.1, 0.15) is 21.9 Å². The van der Waals surface area contributed by atoms with Crippen molar-refractivity contribution in [2.75, 3.05) is 45.9 Å². The molecule has 0 aliphatic carbocycles. The van der Waals surface area contributed by atoms with Crippen LogP contribution in [0, 0.1) is 6.92 Å². The molecule has 9 heteroatoms. The lowest BCUT2D eigenvalue weighted by molar-refractivity contribution is -0.131. The van der Waals surface area contributed by atoms with E-state index in [-0.39, 0.29) is 18.4 Å². The largest absolute Gasteiger partial charge is 0.448 e. The van der Waals surface area contributed by atoms with Crippen LogP contribution in [-0.2, 0) is 9.53 Å². The number of aryl methyl sites for hydroxylation is 1. The molecule has 2 aliphatic heterocycles. The molecule has 0 atom stereocenters. The van der Waals surface area contributed by atoms with Gasteiger partial charge in [-0.2, -0.15) is 0 Å². The van der Waals surface area contributed by atoms with Crippen LogP contribution < -0.4 is 0 Å². The van der Waals surface area contributed by atoms with Gasteiger partial charge in [0.25, 0.3) is 5.91 Å². The predicted molar refractivity (Wildman–Crippen MR) is 86.9 cm³/mol. The Morgan fingerprint density at radius 1 is 1.21 bits per heavy atom. The number of rotatable bonds is 3. The highest BCUT2D eigenvalue weighted by Gasteiger charge is 2.28. The lowest BCUT2D eigenvalue weighted by Gasteiger charge is -2.23. The first-order chi connectivity index (χ1) is 11.5. The zero-order valence-corrected chi connectivity index (χ0v) is 14.4. The summed E-state index contributed by atoms with van der Waals surface area (Å²) < 4.78 is 4.84. The van der Waals surface area contributed by atoms with E-state index in [0.717, 1.165) is 5.01 Å². The highest BCUT2D eigenvalue weighted by atomic mass is 32.1. The molecule has 1 aromatic rings. The fourth-order valence-electron chi connectivity index (χ4n) is 2.83. The van der Waals surface area contributed by atoms with Crippen LogP contribution in [0.2, 0.25) is 0 Å². The van der Waals surface area contributed by atoms with Gasteiger partial charge in [-0.3, -0.25) is 14.5 Å². The summed E-state index contributed by atoms with van der Waals surface area (Å²) in [5.41, 5.74) is 0.470. The first-order valence-corrected chi connectivity index (χ1v) is 8.83. The molecule has 1 aromatic heterocycles. The summed E-state index contributed by atoms with van der Waals surface area (Å²) in [4.78, 5) is 45.4. The molecule has 2 fully saturated rings. The molecule has 3 rings (SSSR count). The molecular formula is C15H20N4O4S. The van der Waals surface area contributed by atoms with Crippen molar-refractivity contribution in [1.29, 1.82) is 0 Å². The number of carbonyl (C=O) groups is 3. The van der Waals surface area contributed by atoms with Gasteiger partial charge in [0, 0.05) is 31.6 Å². The minimum Gasteiger partial charge on any atom is -0.448 e. The van der Waals surface area contributed by atoms with Crippen molar-refractivity contribution in [3.8, 4) is 0 Å². The van der Waals surface area contributed by atoms with Crippen LogP contribution in [-0.4, -0.2) is 83.5 Å². The number of amides is 3. The number of cyclic esters (lactones) is 1. The Morgan fingerprint density at radius 2 is 1.96 bits per heavy atom. The van der Waals surface area contributed by atoms with E-state index in [0.29, 0.717) is 51.4 Å². The monoisotopic (exact) mass is 352 g/mol. The fourth-order valence-corrected chi connectivity index (χ4v) is 3.41. The number of thiazole rings is 1. The number of hydrogen-bond donors (Lipinski definition) is 0. The van der Waals surface area contributed by atoms with E-state index in [4.69, 9.17) is 4.74 Å². The van der Waals surface area contributed by atoms with Crippen LogP contribution in [0.5, 0.6) is 0 Å². The lowest BCUT2D eigenvalue weighted by atomic mass is 10.3. The van der Waals surface area contributed by atoms with E-state index in [2.05, 4.69) is 4.98 Å². The topological polar surface area (TPSA) is 83.1 Å². The van der Waals surface area contributed by atoms with Gasteiger partial charge in [-0.05, 0) is 13.3 Å². The Bertz CT molecular complexity index is 647. The van der Waals surface area contributed by atoms with E-state index in [1.807, 2.05) is 6.92 Å². The van der Waals surface area contributed by atoms with Crippen molar-refractivity contribution >= 4 is 29.2 Å². The third-order valence-electron chi connectivity index (χ3n) is 4.15. The molecule has 0 unspecified atom stereocenters. The summed E-state index contributed by atoms with van der Waals surface area (Å²) in [5.74, 6) is -0.190. The van der Waals surface area contributed by atoms with Gasteiger partial charge >= 0.3 is 6.09 Å². The molecule has 0 bridgehead atoms. The minimum atomic E-state index is -0.436. The second-order valence-electron chi connectivity index (χ2n) is 5.81. The third kappa shape index (κ3) is 3.66. The van der Waals surface area contributed by atoms with Gasteiger partial charge in [0.05, 0.1) is 11.6 Å². The van der Waals surface area contributed by atoms with Crippen molar-refractivity contribution in [2.24, 2.45) is 0 Å². The number of hydrogen-bond acceptors (Lipinski definition) is 6. The Balaban J connectivity index is 1.55. The van der Waals surface area contributed by atoms with Crippen LogP contribution in [0.25, 0.3) is 0 Å². The van der Waals surface area contributed by atoms with Crippen molar-refractivity contribution in [3.63, 3.8) is 0 Å². The van der Waals surface area contributed by atoms with Crippen molar-refractivity contribution in [2.45, 2.75) is 13.3 Å². The summed E-state index contributed by atoms with van der Waals surface area (Å²) in [5, 5.41) is 2.63. The highest BCUT2D eigenvalue weighted by molar-refractivity contribution is 7.09. The van der Waals surface area contributed by atoms with Gasteiger partial charge in [-0.15, -0.1) is 11.3 Å². The molecule has 0 spiro atoms. The number of ether oxygens (including phenoxy) is 1. The number of aromatic nitrogens is 1. The lowest BCUT2D eigenvalue weighted by Crippen LogP contribution is -2.42. The van der Waals surface area contributed by atoms with E-state index in [1.165, 1.54) is 16.2 Å². The van der Waals surface area contributed by atoms with Gasteiger partial charge in [-0.25, -0.2) is 9.78 Å². The fraction of sp³-hybridized carbons (Fsp3) is 0.600. The maximum Gasteiger partial charge on any atom is 0.410 e. The Morgan fingerprint density at radius 3 is 2.62 bits per heavy atom. The summed E-state index contributed by atoms with van der Waals surface area (Å²) in [7, 11) is 0. The molecule has 24 heavy (non-hydrogen) atoms. The molecule has 2 aliphatic rings. The average Bonchev–Trinajstić information content (AvgIpc) is 3.07. The van der Waals surface area contributed by atoms with Crippen LogP contribution in [0.3, 0.4) is 0 Å². The van der Waals surface area contributed by atoms with Crippen LogP contribution in [0.15, 0.2) is 5.38 Å². The van der Waals surface area contributed by atoms with Crippen LogP contribution in [0.4, 0.5) is 4.79 Å². The zero-order chi connectivity index (χ0) is 17.1. The molecule has 3 heterocycles. The SMILES string of the molecule is Cc1nc(C(=O)N2CCCN(C(=O)CN3CCOC3=O)CC2)cs1. The molecule has 3 amide bonds. The Kier molecular flexibility index (Phi) is 4.98. The second-order valence-corrected chi connectivity index (χ2v) is 6.88. The van der Waals surface area contributed by atoms with E-state index in [9.17, 15) is 14.4 Å². The van der Waals surface area contributed by atoms with Gasteiger partial charge in [0.15, 0.2) is 0 Å². The smallest absolute Gasteiger partial charge is 0.410 e. The Hall–Kier alpha value is -2.16. The average molecular weight is 352 g/mol. The quantitative estimate of drug-likeness (QED) is 0.795.